The number of nitrogen functional groups attached to an aromatic ring is 1. The molecular formula is C12H13ClN2S2. The number of hydrogen-bond acceptors (Lipinski definition) is 4. The summed E-state index contributed by atoms with van der Waals surface area (Å²) >= 11 is 9.51. The maximum Gasteiger partial charge on any atom is 0.0925 e. The molecule has 2 aromatic rings. The van der Waals surface area contributed by atoms with Gasteiger partial charge in [0.15, 0.2) is 0 Å². The number of rotatable bonds is 4. The summed E-state index contributed by atoms with van der Waals surface area (Å²) in [5, 5.41) is 4.00. The molecule has 0 unspecified atom stereocenters. The number of thioether (sulfide) groups is 1. The Morgan fingerprint density at radius 2 is 2.29 bits per heavy atom. The van der Waals surface area contributed by atoms with Crippen LogP contribution in [0, 0.1) is 0 Å². The quantitative estimate of drug-likeness (QED) is 0.674. The van der Waals surface area contributed by atoms with Crippen LogP contribution in [0.3, 0.4) is 0 Å². The molecule has 2 nitrogen and oxygen atoms in total. The van der Waals surface area contributed by atoms with Crippen LogP contribution >= 0.6 is 34.7 Å². The molecule has 0 bridgehead atoms. The van der Waals surface area contributed by atoms with Gasteiger partial charge in [0.25, 0.3) is 0 Å². The molecule has 0 amide bonds. The molecule has 2 N–H and O–H groups in total. The lowest BCUT2D eigenvalue weighted by molar-refractivity contribution is 1.06. The second kappa shape index (κ2) is 5.76. The summed E-state index contributed by atoms with van der Waals surface area (Å²) in [5.74, 6) is 0.847. The highest BCUT2D eigenvalue weighted by molar-refractivity contribution is 7.98. The first-order valence-corrected chi connectivity index (χ1v) is 7.54. The van der Waals surface area contributed by atoms with Crippen LogP contribution in [0.5, 0.6) is 0 Å². The summed E-state index contributed by atoms with van der Waals surface area (Å²) in [6, 6.07) is 5.60. The van der Waals surface area contributed by atoms with Gasteiger partial charge in [-0.25, -0.2) is 4.98 Å². The smallest absolute Gasteiger partial charge is 0.0925 e. The van der Waals surface area contributed by atoms with Gasteiger partial charge in [-0.15, -0.1) is 23.1 Å². The van der Waals surface area contributed by atoms with Gasteiger partial charge in [0.1, 0.15) is 0 Å². The number of hydrogen-bond donors (Lipinski definition) is 1. The Morgan fingerprint density at radius 1 is 1.47 bits per heavy atom. The molecule has 5 heteroatoms. The third-order valence-corrected chi connectivity index (χ3v) is 4.81. The number of nitrogens with two attached hydrogens (primary N) is 1. The Hall–Kier alpha value is -0.710. The molecule has 0 saturated heterocycles. The van der Waals surface area contributed by atoms with Crippen LogP contribution in [-0.2, 0) is 12.2 Å². The molecule has 1 aromatic carbocycles. The van der Waals surface area contributed by atoms with E-state index in [0.29, 0.717) is 10.7 Å². The van der Waals surface area contributed by atoms with Gasteiger partial charge in [-0.05, 0) is 24.6 Å². The fourth-order valence-electron chi connectivity index (χ4n) is 1.36. The Labute approximate surface area is 114 Å². The molecule has 0 spiro atoms. The predicted octanol–water partition coefficient (Wildman–Crippen LogP) is 4.23. The molecule has 90 valence electrons. The van der Waals surface area contributed by atoms with E-state index >= 15 is 0 Å². The van der Waals surface area contributed by atoms with E-state index in [2.05, 4.69) is 17.3 Å². The van der Waals surface area contributed by atoms with E-state index in [9.17, 15) is 0 Å². The number of nitrogens with zero attached hydrogens (tertiary/aromatic N) is 1. The van der Waals surface area contributed by atoms with E-state index in [0.717, 1.165) is 22.8 Å². The summed E-state index contributed by atoms with van der Waals surface area (Å²) in [7, 11) is 0. The minimum atomic E-state index is 0.696. The van der Waals surface area contributed by atoms with Gasteiger partial charge < -0.3 is 5.73 Å². The Morgan fingerprint density at radius 3 is 2.94 bits per heavy atom. The van der Waals surface area contributed by atoms with Crippen LogP contribution < -0.4 is 5.73 Å². The molecule has 0 aliphatic heterocycles. The zero-order chi connectivity index (χ0) is 12.3. The summed E-state index contributed by atoms with van der Waals surface area (Å²) in [6.45, 7) is 2.12. The standard InChI is InChI=1S/C12H13ClN2S2/c1-2-12-15-9(7-17-12)6-16-11-4-3-8(14)5-10(11)13/h3-5,7H,2,6,14H2,1H3. The zero-order valence-electron chi connectivity index (χ0n) is 9.44. The van der Waals surface area contributed by atoms with Crippen LogP contribution in [0.25, 0.3) is 0 Å². The average molecular weight is 285 g/mol. The topological polar surface area (TPSA) is 38.9 Å². The molecule has 1 aromatic heterocycles. The molecular weight excluding hydrogens is 272 g/mol. The van der Waals surface area contributed by atoms with Gasteiger partial charge in [0.05, 0.1) is 15.7 Å². The van der Waals surface area contributed by atoms with Crippen molar-refractivity contribution in [2.45, 2.75) is 24.0 Å². The van der Waals surface area contributed by atoms with Crippen LogP contribution in [0.4, 0.5) is 5.69 Å². The van der Waals surface area contributed by atoms with Crippen molar-refractivity contribution in [1.82, 2.24) is 4.98 Å². The molecule has 2 rings (SSSR count). The molecule has 17 heavy (non-hydrogen) atoms. The molecule has 1 heterocycles. The third kappa shape index (κ3) is 3.37. The minimum Gasteiger partial charge on any atom is -0.399 e. The van der Waals surface area contributed by atoms with Crippen LogP contribution in [0.15, 0.2) is 28.5 Å². The Bertz CT molecular complexity index is 511. The van der Waals surface area contributed by atoms with Gasteiger partial charge in [0.2, 0.25) is 0 Å². The first-order chi connectivity index (χ1) is 8.19. The Kier molecular flexibility index (Phi) is 4.31. The first-order valence-electron chi connectivity index (χ1n) is 5.30. The lowest BCUT2D eigenvalue weighted by atomic mass is 10.3. The van der Waals surface area contributed by atoms with Gasteiger partial charge in [-0.2, -0.15) is 0 Å². The van der Waals surface area contributed by atoms with E-state index in [1.807, 2.05) is 12.1 Å². The number of benzene rings is 1. The highest BCUT2D eigenvalue weighted by atomic mass is 35.5. The maximum atomic E-state index is 6.11. The number of anilines is 1. The lowest BCUT2D eigenvalue weighted by Crippen LogP contribution is -1.86. The molecule has 0 aliphatic rings. The second-order valence-electron chi connectivity index (χ2n) is 3.56. The third-order valence-electron chi connectivity index (χ3n) is 2.23. The van der Waals surface area contributed by atoms with Crippen LogP contribution in [0.1, 0.15) is 17.6 Å². The molecule has 0 aliphatic carbocycles. The fraction of sp³-hybridized carbons (Fsp3) is 0.250. The predicted molar refractivity (Wildman–Crippen MR) is 76.9 cm³/mol. The minimum absolute atomic E-state index is 0.696. The summed E-state index contributed by atoms with van der Waals surface area (Å²) in [6.07, 6.45) is 0.998. The summed E-state index contributed by atoms with van der Waals surface area (Å²) in [5.41, 5.74) is 7.46. The largest absolute Gasteiger partial charge is 0.399 e. The molecule has 0 radical (unpaired) electrons. The second-order valence-corrected chi connectivity index (χ2v) is 5.93. The average Bonchev–Trinajstić information content (AvgIpc) is 2.76. The van der Waals surface area contributed by atoms with Crippen molar-refractivity contribution < 1.29 is 0 Å². The van der Waals surface area contributed by atoms with E-state index in [1.54, 1.807) is 29.2 Å². The van der Waals surface area contributed by atoms with Crippen molar-refractivity contribution in [1.29, 1.82) is 0 Å². The van der Waals surface area contributed by atoms with Crippen molar-refractivity contribution >= 4 is 40.4 Å². The van der Waals surface area contributed by atoms with Crippen molar-refractivity contribution in [2.24, 2.45) is 0 Å². The van der Waals surface area contributed by atoms with E-state index in [-0.39, 0.29) is 0 Å². The highest BCUT2D eigenvalue weighted by Crippen LogP contribution is 2.31. The first kappa shape index (κ1) is 12.7. The van der Waals surface area contributed by atoms with E-state index in [4.69, 9.17) is 17.3 Å². The maximum absolute atomic E-state index is 6.11. The van der Waals surface area contributed by atoms with Crippen molar-refractivity contribution in [2.75, 3.05) is 5.73 Å². The molecule has 0 atom stereocenters. The number of aryl methyl sites for hydroxylation is 1. The number of halogens is 1. The monoisotopic (exact) mass is 284 g/mol. The summed E-state index contributed by atoms with van der Waals surface area (Å²) < 4.78 is 0. The van der Waals surface area contributed by atoms with Gasteiger partial charge in [0, 0.05) is 21.7 Å². The number of aromatic nitrogens is 1. The SMILES string of the molecule is CCc1nc(CSc2ccc(N)cc2Cl)cs1. The highest BCUT2D eigenvalue weighted by Gasteiger charge is 2.04. The van der Waals surface area contributed by atoms with Gasteiger partial charge in [-0.3, -0.25) is 0 Å². The van der Waals surface area contributed by atoms with Crippen molar-refractivity contribution in [3.8, 4) is 0 Å². The molecule has 0 fully saturated rings. The lowest BCUT2D eigenvalue weighted by Gasteiger charge is -2.03. The van der Waals surface area contributed by atoms with Crippen molar-refractivity contribution in [3.63, 3.8) is 0 Å². The summed E-state index contributed by atoms with van der Waals surface area (Å²) in [4.78, 5) is 5.57. The van der Waals surface area contributed by atoms with E-state index in [1.165, 1.54) is 5.01 Å². The van der Waals surface area contributed by atoms with Crippen LogP contribution in [0.2, 0.25) is 5.02 Å². The molecule has 0 saturated carbocycles. The fourth-order valence-corrected chi connectivity index (χ4v) is 3.38. The Balaban J connectivity index is 2.02. The van der Waals surface area contributed by atoms with E-state index < -0.39 is 0 Å². The number of thiazole rings is 1. The van der Waals surface area contributed by atoms with Crippen molar-refractivity contribution in [3.05, 3.63) is 39.3 Å². The van der Waals surface area contributed by atoms with Crippen LogP contribution in [-0.4, -0.2) is 4.98 Å². The van der Waals surface area contributed by atoms with Gasteiger partial charge in [-0.1, -0.05) is 18.5 Å². The van der Waals surface area contributed by atoms with Gasteiger partial charge >= 0.3 is 0 Å². The normalized spacial score (nSPS) is 10.7. The zero-order valence-corrected chi connectivity index (χ0v) is 11.8.